The summed E-state index contributed by atoms with van der Waals surface area (Å²) < 4.78 is 32.0. The van der Waals surface area contributed by atoms with E-state index >= 15 is 0 Å². The molecule has 1 fully saturated rings. The number of hydrogen-bond acceptors (Lipinski definition) is 5. The molecule has 24 heavy (non-hydrogen) atoms. The van der Waals surface area contributed by atoms with Crippen LogP contribution >= 0.6 is 0 Å². The van der Waals surface area contributed by atoms with E-state index in [-0.39, 0.29) is 19.0 Å². The quantitative estimate of drug-likeness (QED) is 0.850. The van der Waals surface area contributed by atoms with Crippen LogP contribution in [0.3, 0.4) is 0 Å². The fourth-order valence-corrected chi connectivity index (χ4v) is 2.75. The van der Waals surface area contributed by atoms with Crippen molar-refractivity contribution in [3.05, 3.63) is 29.7 Å². The summed E-state index contributed by atoms with van der Waals surface area (Å²) in [5.41, 5.74) is 2.24. The first kappa shape index (κ1) is 16.5. The average Bonchev–Trinajstić information content (AvgIpc) is 3.16. The van der Waals surface area contributed by atoms with Gasteiger partial charge in [0.1, 0.15) is 0 Å². The zero-order chi connectivity index (χ0) is 17.3. The first-order chi connectivity index (χ1) is 11.4. The van der Waals surface area contributed by atoms with Gasteiger partial charge in [-0.05, 0) is 25.5 Å². The summed E-state index contributed by atoms with van der Waals surface area (Å²) in [6.07, 6.45) is 0.445. The Morgan fingerprint density at radius 3 is 2.92 bits per heavy atom. The van der Waals surface area contributed by atoms with Crippen LogP contribution in [0.5, 0.6) is 0 Å². The number of aryl methyl sites for hydroxylation is 1. The number of amides is 1. The zero-order valence-corrected chi connectivity index (χ0v) is 13.4. The molecule has 128 valence electrons. The first-order valence-corrected chi connectivity index (χ1v) is 7.66. The van der Waals surface area contributed by atoms with Crippen LogP contribution in [0.4, 0.5) is 14.5 Å². The summed E-state index contributed by atoms with van der Waals surface area (Å²) >= 11 is 0. The average molecular weight is 336 g/mol. The van der Waals surface area contributed by atoms with E-state index in [2.05, 4.69) is 15.5 Å². The number of benzene rings is 1. The Bertz CT molecular complexity index is 747. The Morgan fingerprint density at radius 2 is 2.25 bits per heavy atom. The third kappa shape index (κ3) is 3.28. The van der Waals surface area contributed by atoms with Crippen molar-refractivity contribution in [2.24, 2.45) is 0 Å². The molecule has 0 bridgehead atoms. The molecule has 6 nitrogen and oxygen atoms in total. The maximum atomic E-state index is 13.4. The highest BCUT2D eigenvalue weighted by molar-refractivity contribution is 5.76. The standard InChI is InChI=1S/C16H18F2N4O2/c1-10-3-4-12(7-13(10)19-9-23)14-20-15(24-21-14)11(2)22-6-5-16(17,18)8-22/h3-4,7,9,11H,5-6,8H2,1-2H3,(H,19,23). The molecule has 2 aromatic rings. The molecule has 1 saturated heterocycles. The zero-order valence-electron chi connectivity index (χ0n) is 13.4. The highest BCUT2D eigenvalue weighted by atomic mass is 19.3. The number of carbonyl (C=O) groups excluding carboxylic acids is 1. The number of hydrogen-bond donors (Lipinski definition) is 1. The van der Waals surface area contributed by atoms with E-state index in [1.54, 1.807) is 17.9 Å². The van der Waals surface area contributed by atoms with Crippen LogP contribution < -0.4 is 5.32 Å². The third-order valence-corrected chi connectivity index (χ3v) is 4.26. The molecule has 0 aliphatic carbocycles. The second-order valence-electron chi connectivity index (χ2n) is 6.00. The Labute approximate surface area is 137 Å². The highest BCUT2D eigenvalue weighted by Crippen LogP contribution is 2.33. The molecule has 1 amide bonds. The molecule has 1 unspecified atom stereocenters. The minimum absolute atomic E-state index is 0.156. The van der Waals surface area contributed by atoms with Crippen molar-refractivity contribution in [3.8, 4) is 11.4 Å². The molecule has 1 aromatic carbocycles. The van der Waals surface area contributed by atoms with Gasteiger partial charge in [-0.15, -0.1) is 0 Å². The van der Waals surface area contributed by atoms with Gasteiger partial charge in [-0.25, -0.2) is 8.78 Å². The molecular weight excluding hydrogens is 318 g/mol. The Hall–Kier alpha value is -2.35. The number of likely N-dealkylation sites (tertiary alicyclic amines) is 1. The minimum Gasteiger partial charge on any atom is -0.337 e. The number of aromatic nitrogens is 2. The van der Waals surface area contributed by atoms with Gasteiger partial charge in [0, 0.05) is 24.2 Å². The lowest BCUT2D eigenvalue weighted by Crippen LogP contribution is -2.28. The van der Waals surface area contributed by atoms with Crippen molar-refractivity contribution in [3.63, 3.8) is 0 Å². The predicted molar refractivity (Wildman–Crippen MR) is 83.7 cm³/mol. The maximum absolute atomic E-state index is 13.4. The molecule has 8 heteroatoms. The van der Waals surface area contributed by atoms with Crippen LogP contribution in [0.15, 0.2) is 22.7 Å². The summed E-state index contributed by atoms with van der Waals surface area (Å²) in [6, 6.07) is 5.01. The van der Waals surface area contributed by atoms with Gasteiger partial charge in [-0.3, -0.25) is 9.69 Å². The van der Waals surface area contributed by atoms with Gasteiger partial charge in [0.25, 0.3) is 5.92 Å². The molecule has 0 spiro atoms. The fraction of sp³-hybridized carbons (Fsp3) is 0.438. The molecule has 3 rings (SSSR count). The summed E-state index contributed by atoms with van der Waals surface area (Å²) in [5.74, 6) is -2.01. The number of anilines is 1. The largest absolute Gasteiger partial charge is 0.337 e. The Balaban J connectivity index is 1.80. The van der Waals surface area contributed by atoms with Crippen molar-refractivity contribution in [2.45, 2.75) is 32.2 Å². The first-order valence-electron chi connectivity index (χ1n) is 7.66. The smallest absolute Gasteiger partial charge is 0.261 e. The summed E-state index contributed by atoms with van der Waals surface area (Å²) in [5, 5.41) is 6.54. The predicted octanol–water partition coefficient (Wildman–Crippen LogP) is 3.02. The van der Waals surface area contributed by atoms with Crippen molar-refractivity contribution in [2.75, 3.05) is 18.4 Å². The third-order valence-electron chi connectivity index (χ3n) is 4.26. The normalized spacial score (nSPS) is 18.5. The Kier molecular flexibility index (Phi) is 4.31. The highest BCUT2D eigenvalue weighted by Gasteiger charge is 2.41. The van der Waals surface area contributed by atoms with Crippen LogP contribution in [-0.4, -0.2) is 40.5 Å². The van der Waals surface area contributed by atoms with Gasteiger partial charge < -0.3 is 9.84 Å². The number of halogens is 2. The molecule has 2 heterocycles. The van der Waals surface area contributed by atoms with Crippen molar-refractivity contribution in [1.29, 1.82) is 0 Å². The molecule has 0 radical (unpaired) electrons. The van der Waals surface area contributed by atoms with Crippen molar-refractivity contribution >= 4 is 12.1 Å². The lowest BCUT2D eigenvalue weighted by atomic mass is 10.1. The summed E-state index contributed by atoms with van der Waals surface area (Å²) in [6.45, 7) is 3.63. The number of nitrogens with zero attached hydrogens (tertiary/aromatic N) is 3. The summed E-state index contributed by atoms with van der Waals surface area (Å²) in [7, 11) is 0. The van der Waals surface area contributed by atoms with Gasteiger partial charge in [0.2, 0.25) is 18.1 Å². The van der Waals surface area contributed by atoms with Crippen LogP contribution in [-0.2, 0) is 4.79 Å². The number of alkyl halides is 2. The van der Waals surface area contributed by atoms with E-state index in [0.29, 0.717) is 35.9 Å². The number of nitrogens with one attached hydrogen (secondary N) is 1. The molecule has 1 aliphatic rings. The van der Waals surface area contributed by atoms with Crippen molar-refractivity contribution < 1.29 is 18.1 Å². The minimum atomic E-state index is -2.66. The summed E-state index contributed by atoms with van der Waals surface area (Å²) in [4.78, 5) is 16.6. The van der Waals surface area contributed by atoms with E-state index in [0.717, 1.165) is 5.56 Å². The lowest BCUT2D eigenvalue weighted by Gasteiger charge is -2.20. The van der Waals surface area contributed by atoms with Gasteiger partial charge in [-0.1, -0.05) is 17.3 Å². The topological polar surface area (TPSA) is 71.3 Å². The van der Waals surface area contributed by atoms with E-state index in [1.807, 2.05) is 19.1 Å². The van der Waals surface area contributed by atoms with Gasteiger partial charge in [0.15, 0.2) is 0 Å². The molecule has 0 saturated carbocycles. The van der Waals surface area contributed by atoms with Crippen LogP contribution in [0.1, 0.15) is 30.8 Å². The molecular formula is C16H18F2N4O2. The van der Waals surface area contributed by atoms with Crippen molar-refractivity contribution in [1.82, 2.24) is 15.0 Å². The SMILES string of the molecule is Cc1ccc(-c2noc(C(C)N3CCC(F)(F)C3)n2)cc1NC=O. The lowest BCUT2D eigenvalue weighted by molar-refractivity contribution is -0.105. The van der Waals surface area contributed by atoms with E-state index in [1.165, 1.54) is 0 Å². The van der Waals surface area contributed by atoms with Gasteiger partial charge in [0.05, 0.1) is 12.6 Å². The van der Waals surface area contributed by atoms with Crippen LogP contribution in [0.25, 0.3) is 11.4 Å². The Morgan fingerprint density at radius 1 is 1.46 bits per heavy atom. The number of rotatable bonds is 5. The van der Waals surface area contributed by atoms with E-state index in [4.69, 9.17) is 4.52 Å². The van der Waals surface area contributed by atoms with Gasteiger partial charge >= 0.3 is 0 Å². The van der Waals surface area contributed by atoms with Crippen LogP contribution in [0.2, 0.25) is 0 Å². The van der Waals surface area contributed by atoms with E-state index < -0.39 is 5.92 Å². The van der Waals surface area contributed by atoms with Gasteiger partial charge in [-0.2, -0.15) is 4.98 Å². The molecule has 1 aliphatic heterocycles. The fourth-order valence-electron chi connectivity index (χ4n) is 2.75. The second kappa shape index (κ2) is 6.27. The number of carbonyl (C=O) groups is 1. The molecule has 1 aromatic heterocycles. The second-order valence-corrected chi connectivity index (χ2v) is 6.00. The molecule has 1 N–H and O–H groups in total. The van der Waals surface area contributed by atoms with E-state index in [9.17, 15) is 13.6 Å². The molecule has 1 atom stereocenters. The maximum Gasteiger partial charge on any atom is 0.261 e. The monoisotopic (exact) mass is 336 g/mol. The van der Waals surface area contributed by atoms with Crippen LogP contribution in [0, 0.1) is 6.92 Å².